The van der Waals surface area contributed by atoms with E-state index >= 15 is 0 Å². The number of rotatable bonds is 3. The van der Waals surface area contributed by atoms with Crippen LogP contribution < -0.4 is 6.15 Å². The summed E-state index contributed by atoms with van der Waals surface area (Å²) in [6.45, 7) is 0. The van der Waals surface area contributed by atoms with Crippen molar-refractivity contribution in [3.8, 4) is 0 Å². The van der Waals surface area contributed by atoms with E-state index in [0.717, 1.165) is 21.3 Å². The van der Waals surface area contributed by atoms with Crippen molar-refractivity contribution in [2.24, 2.45) is 0 Å². The molecule has 19 heavy (non-hydrogen) atoms. The second kappa shape index (κ2) is 11.4. The Bertz CT molecular complexity index is 410. The Hall–Kier alpha value is -0.430. The fourth-order valence-electron chi connectivity index (χ4n) is 0. The van der Waals surface area contributed by atoms with Gasteiger partial charge in [-0.2, -0.15) is 25.3 Å². The van der Waals surface area contributed by atoms with Crippen molar-refractivity contribution in [3.05, 3.63) is 0 Å². The zero-order valence-corrected chi connectivity index (χ0v) is 12.4. The summed E-state index contributed by atoms with van der Waals surface area (Å²) in [6.07, 6.45) is 0. The molecule has 0 fully saturated rings. The van der Waals surface area contributed by atoms with Gasteiger partial charge in [0.25, 0.3) is 0 Å². The molecule has 13 nitrogen and oxygen atoms in total. The van der Waals surface area contributed by atoms with Gasteiger partial charge in [-0.1, -0.05) is 0 Å². The molecular formula is C3H15NO12S3. The van der Waals surface area contributed by atoms with Crippen molar-refractivity contribution in [2.75, 3.05) is 21.3 Å². The normalized spacial score (nSPS) is 11.1. The minimum atomic E-state index is -4.16. The van der Waals surface area contributed by atoms with Gasteiger partial charge in [0.2, 0.25) is 0 Å². The van der Waals surface area contributed by atoms with E-state index in [-0.39, 0.29) is 6.15 Å². The highest BCUT2D eigenvalue weighted by Gasteiger charge is 1.94. The third kappa shape index (κ3) is 58.0. The van der Waals surface area contributed by atoms with Gasteiger partial charge < -0.3 is 6.15 Å². The lowest BCUT2D eigenvalue weighted by molar-refractivity contribution is 0.323. The van der Waals surface area contributed by atoms with Gasteiger partial charge in [0.15, 0.2) is 0 Å². The zero-order valence-electron chi connectivity index (χ0n) is 9.95. The average Bonchev–Trinajstić information content (AvgIpc) is 2.16. The van der Waals surface area contributed by atoms with Gasteiger partial charge >= 0.3 is 31.2 Å². The van der Waals surface area contributed by atoms with Gasteiger partial charge in [0.1, 0.15) is 0 Å². The summed E-state index contributed by atoms with van der Waals surface area (Å²) in [7, 11) is -9.87. The molecule has 0 rings (SSSR count). The lowest BCUT2D eigenvalue weighted by Gasteiger charge is -1.82. The van der Waals surface area contributed by atoms with Crippen LogP contribution in [0.3, 0.4) is 0 Å². The summed E-state index contributed by atoms with van der Waals surface area (Å²) < 4.78 is 89.1. The minimum Gasteiger partial charge on any atom is -0.344 e. The van der Waals surface area contributed by atoms with E-state index < -0.39 is 31.2 Å². The molecule has 0 aliphatic carbocycles. The fraction of sp³-hybridized carbons (Fsp3) is 1.00. The molecule has 0 heterocycles. The summed E-state index contributed by atoms with van der Waals surface area (Å²) in [5.74, 6) is 0. The van der Waals surface area contributed by atoms with E-state index in [2.05, 4.69) is 12.5 Å². The van der Waals surface area contributed by atoms with Crippen LogP contribution in [0.2, 0.25) is 0 Å². The van der Waals surface area contributed by atoms with E-state index in [1.165, 1.54) is 0 Å². The second-order valence-corrected chi connectivity index (χ2v) is 5.35. The summed E-state index contributed by atoms with van der Waals surface area (Å²) in [6, 6.07) is 0. The molecule has 16 heteroatoms. The second-order valence-electron chi connectivity index (χ2n) is 1.78. The monoisotopic (exact) mass is 353 g/mol. The Morgan fingerprint density at radius 2 is 0.632 bits per heavy atom. The van der Waals surface area contributed by atoms with Gasteiger partial charge in [-0.15, -0.1) is 0 Å². The first-order valence-corrected chi connectivity index (χ1v) is 7.37. The minimum absolute atomic E-state index is 0. The number of hydrogen-bond acceptors (Lipinski definition) is 10. The van der Waals surface area contributed by atoms with E-state index in [4.69, 9.17) is 13.7 Å². The third-order valence-electron chi connectivity index (χ3n) is 0.632. The van der Waals surface area contributed by atoms with Crippen molar-refractivity contribution >= 4 is 31.2 Å². The van der Waals surface area contributed by atoms with Crippen molar-refractivity contribution in [3.63, 3.8) is 0 Å². The molecule has 0 aromatic heterocycles. The molecule has 122 valence electrons. The standard InChI is InChI=1S/3CH4O4S.H3N/c3*1-5-6(2,3)4;/h3*1H3,(H,2,3,4);1H3. The molecule has 0 saturated carbocycles. The van der Waals surface area contributed by atoms with Crippen molar-refractivity contribution in [1.82, 2.24) is 6.15 Å². The van der Waals surface area contributed by atoms with Crippen LogP contribution in [0.4, 0.5) is 0 Å². The molecule has 0 atom stereocenters. The number of hydrogen-bond donors (Lipinski definition) is 4. The van der Waals surface area contributed by atoms with E-state index in [9.17, 15) is 25.3 Å². The average molecular weight is 353 g/mol. The maximum Gasteiger partial charge on any atom is 0.397 e. The lowest BCUT2D eigenvalue weighted by atomic mass is 11.8. The van der Waals surface area contributed by atoms with Crippen molar-refractivity contribution in [1.29, 1.82) is 0 Å². The third-order valence-corrected chi connectivity index (χ3v) is 1.90. The van der Waals surface area contributed by atoms with Gasteiger partial charge in [0.05, 0.1) is 21.3 Å². The summed E-state index contributed by atoms with van der Waals surface area (Å²) in [4.78, 5) is 0. The Morgan fingerprint density at radius 3 is 0.632 bits per heavy atom. The Kier molecular flexibility index (Phi) is 16.2. The van der Waals surface area contributed by atoms with Gasteiger partial charge in [0, 0.05) is 0 Å². The Labute approximate surface area is 110 Å². The quantitative estimate of drug-likeness (QED) is 0.422. The van der Waals surface area contributed by atoms with Crippen LogP contribution >= 0.6 is 0 Å². The van der Waals surface area contributed by atoms with E-state index in [0.29, 0.717) is 0 Å². The zero-order chi connectivity index (χ0) is 15.6. The van der Waals surface area contributed by atoms with Crippen LogP contribution in [0, 0.1) is 0 Å². The Morgan fingerprint density at radius 1 is 0.579 bits per heavy atom. The molecule has 6 N–H and O–H groups in total. The highest BCUT2D eigenvalue weighted by molar-refractivity contribution is 7.81. The Balaban J connectivity index is -0.0000000865. The summed E-state index contributed by atoms with van der Waals surface area (Å²) in [5, 5.41) is 0. The first-order chi connectivity index (χ1) is 7.68. The van der Waals surface area contributed by atoms with E-state index in [1.807, 2.05) is 0 Å². The molecule has 0 radical (unpaired) electrons. The predicted octanol–water partition coefficient (Wildman–Crippen LogP) is -1.53. The van der Waals surface area contributed by atoms with Gasteiger partial charge in [-0.05, 0) is 0 Å². The predicted molar refractivity (Wildman–Crippen MR) is 60.7 cm³/mol. The topological polar surface area (TPSA) is 226 Å². The smallest absolute Gasteiger partial charge is 0.344 e. The van der Waals surface area contributed by atoms with E-state index in [1.54, 1.807) is 0 Å². The van der Waals surface area contributed by atoms with Crippen molar-refractivity contribution < 1.29 is 51.5 Å². The lowest BCUT2D eigenvalue weighted by Crippen LogP contribution is -1.96. The SMILES string of the molecule is COS(=O)(=O)O.COS(=O)(=O)O.COS(=O)(=O)O.N. The molecule has 0 aliphatic rings. The molecule has 0 unspecified atom stereocenters. The molecular weight excluding hydrogens is 338 g/mol. The van der Waals surface area contributed by atoms with Gasteiger partial charge in [-0.3, -0.25) is 26.2 Å². The largest absolute Gasteiger partial charge is 0.397 e. The van der Waals surface area contributed by atoms with Gasteiger partial charge in [-0.25, -0.2) is 0 Å². The molecule has 0 amide bonds. The highest BCUT2D eigenvalue weighted by Crippen LogP contribution is 1.75. The van der Waals surface area contributed by atoms with Crippen molar-refractivity contribution in [2.45, 2.75) is 0 Å². The van der Waals surface area contributed by atoms with Crippen LogP contribution in [0.5, 0.6) is 0 Å². The maximum absolute atomic E-state index is 9.33. The molecule has 0 saturated heterocycles. The molecule has 0 spiro atoms. The first kappa shape index (κ1) is 27.0. The van der Waals surface area contributed by atoms with Crippen LogP contribution in [-0.2, 0) is 43.7 Å². The summed E-state index contributed by atoms with van der Waals surface area (Å²) >= 11 is 0. The van der Waals surface area contributed by atoms with Crippen LogP contribution in [0.25, 0.3) is 0 Å². The molecule has 0 bridgehead atoms. The van der Waals surface area contributed by atoms with Crippen LogP contribution in [-0.4, -0.2) is 60.2 Å². The maximum atomic E-state index is 9.33. The highest BCUT2D eigenvalue weighted by atomic mass is 32.3. The molecule has 0 aliphatic heterocycles. The fourth-order valence-corrected chi connectivity index (χ4v) is 0. The summed E-state index contributed by atoms with van der Waals surface area (Å²) in [5.41, 5.74) is 0. The van der Waals surface area contributed by atoms with Crippen LogP contribution in [0.1, 0.15) is 0 Å². The van der Waals surface area contributed by atoms with Crippen LogP contribution in [0.15, 0.2) is 0 Å². The first-order valence-electron chi connectivity index (χ1n) is 3.27. The molecule has 0 aromatic rings. The molecule has 0 aromatic carbocycles.